The maximum Gasteiger partial charge on any atom is 0.183 e. The highest BCUT2D eigenvalue weighted by atomic mass is 127. The minimum Gasteiger partial charge on any atom is -0.415 e. The van der Waals surface area contributed by atoms with E-state index in [1.807, 2.05) is 0 Å². The molecule has 0 aromatic heterocycles. The largest absolute Gasteiger partial charge is 0.415 e. The maximum absolute atomic E-state index is 6.06. The van der Waals surface area contributed by atoms with Gasteiger partial charge in [-0.2, -0.15) is 0 Å². The van der Waals surface area contributed by atoms with Crippen LogP contribution in [0.2, 0.25) is 19.6 Å². The normalized spacial score (nSPS) is 41.1. The summed E-state index contributed by atoms with van der Waals surface area (Å²) < 4.78 is 12.4. The molecule has 0 bridgehead atoms. The van der Waals surface area contributed by atoms with Gasteiger partial charge in [-0.15, -0.1) is 0 Å². The second kappa shape index (κ2) is 5.67. The lowest BCUT2D eigenvalue weighted by atomic mass is 9.80. The van der Waals surface area contributed by atoms with Gasteiger partial charge < -0.3 is 9.16 Å². The zero-order valence-electron chi connectivity index (χ0n) is 11.3. The molecule has 0 aliphatic carbocycles. The van der Waals surface area contributed by atoms with E-state index >= 15 is 0 Å². The first-order valence-electron chi connectivity index (χ1n) is 6.16. The third-order valence-corrected chi connectivity index (χ3v) is 6.10. The van der Waals surface area contributed by atoms with Crippen LogP contribution in [0.3, 0.4) is 0 Å². The molecule has 1 rings (SSSR count). The van der Waals surface area contributed by atoms with E-state index in [0.717, 1.165) is 6.61 Å². The first-order chi connectivity index (χ1) is 7.22. The van der Waals surface area contributed by atoms with E-state index in [4.69, 9.17) is 9.16 Å². The van der Waals surface area contributed by atoms with Crippen LogP contribution in [0.15, 0.2) is 0 Å². The van der Waals surface area contributed by atoms with Crippen molar-refractivity contribution in [3.05, 3.63) is 0 Å². The Kier molecular flexibility index (Phi) is 5.29. The molecular weight excluding hydrogens is 331 g/mol. The highest BCUT2D eigenvalue weighted by Crippen LogP contribution is 2.37. The Hall–Kier alpha value is 0.867. The van der Waals surface area contributed by atoms with Crippen LogP contribution in [0.1, 0.15) is 20.8 Å². The Morgan fingerprint density at radius 2 is 1.62 bits per heavy atom. The zero-order chi connectivity index (χ0) is 12.5. The van der Waals surface area contributed by atoms with Crippen LogP contribution in [0.5, 0.6) is 0 Å². The first-order valence-corrected chi connectivity index (χ1v) is 10.8. The molecule has 96 valence electrons. The zero-order valence-corrected chi connectivity index (χ0v) is 14.4. The van der Waals surface area contributed by atoms with Gasteiger partial charge in [0.05, 0.1) is 12.7 Å². The van der Waals surface area contributed by atoms with Crippen molar-refractivity contribution in [3.8, 4) is 0 Å². The van der Waals surface area contributed by atoms with Gasteiger partial charge in [-0.25, -0.2) is 0 Å². The van der Waals surface area contributed by atoms with Gasteiger partial charge in [-0.05, 0) is 37.4 Å². The van der Waals surface area contributed by atoms with Crippen molar-refractivity contribution in [2.45, 2.75) is 50.6 Å². The van der Waals surface area contributed by atoms with E-state index in [1.54, 1.807) is 0 Å². The van der Waals surface area contributed by atoms with Crippen molar-refractivity contribution in [1.29, 1.82) is 0 Å². The molecule has 0 aromatic carbocycles. The average molecular weight is 356 g/mol. The standard InChI is InChI=1S/C12H25IO2Si/c1-8-9(2)11(7-14-16(4,5)6)15-12(13)10(8)3/h8-12H,7H2,1-6H3/t8-,9+,10?,11?,12-/m0/s1. The van der Waals surface area contributed by atoms with E-state index < -0.39 is 8.32 Å². The predicted octanol–water partition coefficient (Wildman–Crippen LogP) is 3.91. The second-order valence-corrected chi connectivity index (χ2v) is 11.8. The number of hydrogen-bond acceptors (Lipinski definition) is 2. The third-order valence-electron chi connectivity index (χ3n) is 3.64. The lowest BCUT2D eigenvalue weighted by molar-refractivity contribution is -0.103. The minimum absolute atomic E-state index is 0.278. The van der Waals surface area contributed by atoms with Gasteiger partial charge in [0.25, 0.3) is 0 Å². The molecule has 0 spiro atoms. The van der Waals surface area contributed by atoms with Gasteiger partial charge in [0, 0.05) is 0 Å². The molecule has 0 aromatic rings. The second-order valence-electron chi connectivity index (χ2n) is 6.03. The number of alkyl halides is 1. The Morgan fingerprint density at radius 3 is 2.12 bits per heavy atom. The molecule has 2 unspecified atom stereocenters. The highest BCUT2D eigenvalue weighted by Gasteiger charge is 2.38. The summed E-state index contributed by atoms with van der Waals surface area (Å²) in [5, 5.41) is 0. The molecule has 1 aliphatic heterocycles. The molecule has 0 amide bonds. The summed E-state index contributed by atoms with van der Waals surface area (Å²) in [4.78, 5) is 0. The predicted molar refractivity (Wildman–Crippen MR) is 79.5 cm³/mol. The van der Waals surface area contributed by atoms with Crippen LogP contribution < -0.4 is 0 Å². The fraction of sp³-hybridized carbons (Fsp3) is 1.00. The molecule has 1 heterocycles. The molecule has 1 aliphatic rings. The number of hydrogen-bond donors (Lipinski definition) is 0. The molecular formula is C12H25IO2Si. The van der Waals surface area contributed by atoms with Crippen LogP contribution in [0.25, 0.3) is 0 Å². The summed E-state index contributed by atoms with van der Waals surface area (Å²) in [5.74, 6) is 1.95. The monoisotopic (exact) mass is 356 g/mol. The van der Waals surface area contributed by atoms with Gasteiger partial charge in [-0.3, -0.25) is 0 Å². The molecule has 4 heteroatoms. The number of halogens is 1. The summed E-state index contributed by atoms with van der Waals surface area (Å²) in [6.07, 6.45) is 0.278. The van der Waals surface area contributed by atoms with E-state index in [9.17, 15) is 0 Å². The quantitative estimate of drug-likeness (QED) is 0.434. The van der Waals surface area contributed by atoms with E-state index in [-0.39, 0.29) is 6.10 Å². The molecule has 1 fully saturated rings. The van der Waals surface area contributed by atoms with Gasteiger partial charge >= 0.3 is 0 Å². The molecule has 2 nitrogen and oxygen atoms in total. The third kappa shape index (κ3) is 3.96. The van der Waals surface area contributed by atoms with Crippen molar-refractivity contribution in [2.24, 2.45) is 17.8 Å². The molecule has 0 saturated carbocycles. The van der Waals surface area contributed by atoms with E-state index in [2.05, 4.69) is 63.0 Å². The molecule has 0 radical (unpaired) electrons. The fourth-order valence-electron chi connectivity index (χ4n) is 1.99. The van der Waals surface area contributed by atoms with Crippen molar-refractivity contribution >= 4 is 30.9 Å². The average Bonchev–Trinajstić information content (AvgIpc) is 2.17. The lowest BCUT2D eigenvalue weighted by Gasteiger charge is -2.42. The van der Waals surface area contributed by atoms with Crippen LogP contribution in [-0.2, 0) is 9.16 Å². The maximum atomic E-state index is 6.06. The Morgan fingerprint density at radius 1 is 1.06 bits per heavy atom. The van der Waals surface area contributed by atoms with Crippen LogP contribution >= 0.6 is 22.6 Å². The number of ether oxygens (including phenoxy) is 1. The van der Waals surface area contributed by atoms with Gasteiger partial charge in [0.2, 0.25) is 0 Å². The SMILES string of the molecule is CC1[C@@H](C)[C@@H](C)C(CO[Si](C)(C)C)O[C@@H]1I. The highest BCUT2D eigenvalue weighted by molar-refractivity contribution is 14.1. The van der Waals surface area contributed by atoms with Crippen LogP contribution in [0.4, 0.5) is 0 Å². The Balaban J connectivity index is 2.54. The van der Waals surface area contributed by atoms with Crippen LogP contribution in [-0.4, -0.2) is 25.1 Å². The van der Waals surface area contributed by atoms with Crippen molar-refractivity contribution < 1.29 is 9.16 Å². The van der Waals surface area contributed by atoms with E-state index in [1.165, 1.54) is 0 Å². The van der Waals surface area contributed by atoms with Crippen molar-refractivity contribution in [1.82, 2.24) is 0 Å². The van der Waals surface area contributed by atoms with Gasteiger partial charge in [0.1, 0.15) is 4.11 Å². The van der Waals surface area contributed by atoms with E-state index in [0.29, 0.717) is 21.9 Å². The fourth-order valence-corrected chi connectivity index (χ4v) is 3.69. The minimum atomic E-state index is -1.41. The smallest absolute Gasteiger partial charge is 0.183 e. The Labute approximate surface area is 115 Å². The molecule has 0 N–H and O–H groups in total. The van der Waals surface area contributed by atoms with Gasteiger partial charge in [-0.1, -0.05) is 43.4 Å². The van der Waals surface area contributed by atoms with Crippen LogP contribution in [0, 0.1) is 17.8 Å². The summed E-state index contributed by atoms with van der Waals surface area (Å²) in [7, 11) is -1.41. The summed E-state index contributed by atoms with van der Waals surface area (Å²) in [6.45, 7) is 14.4. The lowest BCUT2D eigenvalue weighted by Crippen LogP contribution is -2.45. The van der Waals surface area contributed by atoms with Gasteiger partial charge in [0.15, 0.2) is 8.32 Å². The Bertz CT molecular complexity index is 230. The first kappa shape index (κ1) is 14.9. The molecule has 16 heavy (non-hydrogen) atoms. The topological polar surface area (TPSA) is 18.5 Å². The summed E-state index contributed by atoms with van der Waals surface area (Å²) in [6, 6.07) is 0. The van der Waals surface area contributed by atoms with Crippen molar-refractivity contribution in [2.75, 3.05) is 6.61 Å². The number of rotatable bonds is 3. The summed E-state index contributed by atoms with van der Waals surface area (Å²) >= 11 is 2.42. The molecule has 1 saturated heterocycles. The van der Waals surface area contributed by atoms with Crippen molar-refractivity contribution in [3.63, 3.8) is 0 Å². The molecule has 5 atom stereocenters. The summed E-state index contributed by atoms with van der Waals surface area (Å²) in [5.41, 5.74) is 0.